The number of benzene rings is 2. The van der Waals surface area contributed by atoms with Gasteiger partial charge in [-0.2, -0.15) is 0 Å². The average molecular weight is 391 g/mol. The molecule has 5 rings (SSSR count). The number of hydrogen-bond donors (Lipinski definition) is 2. The van der Waals surface area contributed by atoms with Gasteiger partial charge in [0.2, 0.25) is 0 Å². The molecule has 146 valence electrons. The van der Waals surface area contributed by atoms with E-state index in [2.05, 4.69) is 9.97 Å². The molecule has 1 aliphatic rings. The van der Waals surface area contributed by atoms with Crippen LogP contribution in [0.15, 0.2) is 48.7 Å². The van der Waals surface area contributed by atoms with Crippen LogP contribution >= 0.6 is 0 Å². The van der Waals surface area contributed by atoms with Crippen LogP contribution in [-0.2, 0) is 0 Å². The van der Waals surface area contributed by atoms with Crippen molar-refractivity contribution in [3.63, 3.8) is 0 Å². The average Bonchev–Trinajstić information content (AvgIpc) is 3.13. The number of imidazole rings is 1. The van der Waals surface area contributed by atoms with E-state index in [1.54, 1.807) is 18.3 Å². The van der Waals surface area contributed by atoms with Crippen LogP contribution in [0.25, 0.3) is 28.2 Å². The summed E-state index contributed by atoms with van der Waals surface area (Å²) in [5, 5.41) is 20.5. The van der Waals surface area contributed by atoms with E-state index in [9.17, 15) is 10.2 Å². The van der Waals surface area contributed by atoms with Crippen molar-refractivity contribution >= 4 is 11.2 Å². The molecule has 2 aromatic heterocycles. The summed E-state index contributed by atoms with van der Waals surface area (Å²) < 4.78 is 18.3. The summed E-state index contributed by atoms with van der Waals surface area (Å²) in [6, 6.07) is 12.0. The van der Waals surface area contributed by atoms with E-state index in [-0.39, 0.29) is 17.2 Å². The maximum absolute atomic E-state index is 10.5. The monoisotopic (exact) mass is 391 g/mol. The van der Waals surface area contributed by atoms with Gasteiger partial charge in [0, 0.05) is 18.3 Å². The highest BCUT2D eigenvalue weighted by Gasteiger charge is 2.21. The summed E-state index contributed by atoms with van der Waals surface area (Å²) in [6.45, 7) is 0.983. The summed E-state index contributed by atoms with van der Waals surface area (Å²) in [7, 11) is 1.45. The van der Waals surface area contributed by atoms with Gasteiger partial charge in [-0.1, -0.05) is 0 Å². The van der Waals surface area contributed by atoms with Crippen molar-refractivity contribution < 1.29 is 24.4 Å². The van der Waals surface area contributed by atoms with E-state index in [0.29, 0.717) is 47.3 Å². The van der Waals surface area contributed by atoms with Crippen molar-refractivity contribution in [2.45, 2.75) is 0 Å². The predicted molar refractivity (Wildman–Crippen MR) is 105 cm³/mol. The Morgan fingerprint density at radius 3 is 2.66 bits per heavy atom. The molecule has 0 atom stereocenters. The van der Waals surface area contributed by atoms with Crippen LogP contribution < -0.4 is 14.2 Å². The van der Waals surface area contributed by atoms with Gasteiger partial charge in [-0.05, 0) is 30.3 Å². The molecule has 4 aromatic rings. The maximum Gasteiger partial charge on any atom is 0.164 e. The molecule has 0 saturated heterocycles. The molecule has 0 spiro atoms. The highest BCUT2D eigenvalue weighted by molar-refractivity contribution is 5.82. The second-order valence-corrected chi connectivity index (χ2v) is 6.49. The number of phenols is 2. The molecule has 0 radical (unpaired) electrons. The van der Waals surface area contributed by atoms with E-state index < -0.39 is 0 Å². The smallest absolute Gasteiger partial charge is 0.164 e. The summed E-state index contributed by atoms with van der Waals surface area (Å²) in [6.07, 6.45) is 1.68. The number of rotatable bonds is 3. The summed E-state index contributed by atoms with van der Waals surface area (Å²) in [4.78, 5) is 9.14. The SMILES string of the molecule is COc1cc(-c2nc3cccnc3n2-c2ccc3c(c2)OCCO3)c(O)cc1O. The normalized spacial score (nSPS) is 12.9. The minimum absolute atomic E-state index is 0.127. The molecular formula is C21H17N3O5. The fraction of sp³-hybridized carbons (Fsp3) is 0.143. The van der Waals surface area contributed by atoms with Crippen LogP contribution in [0.3, 0.4) is 0 Å². The molecule has 2 aromatic carbocycles. The lowest BCUT2D eigenvalue weighted by Crippen LogP contribution is -2.15. The third kappa shape index (κ3) is 2.77. The topological polar surface area (TPSA) is 98.9 Å². The van der Waals surface area contributed by atoms with Crippen molar-refractivity contribution in [1.82, 2.24) is 14.5 Å². The number of fused-ring (bicyclic) bond motifs is 2. The highest BCUT2D eigenvalue weighted by Crippen LogP contribution is 2.41. The van der Waals surface area contributed by atoms with Crippen LogP contribution in [-0.4, -0.2) is 45.1 Å². The number of phenolic OH excluding ortho intramolecular Hbond substituents is 2. The van der Waals surface area contributed by atoms with Crippen molar-refractivity contribution in [3.8, 4) is 45.8 Å². The lowest BCUT2D eigenvalue weighted by Gasteiger charge is -2.19. The molecule has 29 heavy (non-hydrogen) atoms. The van der Waals surface area contributed by atoms with Gasteiger partial charge in [-0.15, -0.1) is 0 Å². The Hall–Kier alpha value is -3.94. The van der Waals surface area contributed by atoms with Crippen LogP contribution in [0, 0.1) is 0 Å². The first-order valence-electron chi connectivity index (χ1n) is 8.99. The Morgan fingerprint density at radius 1 is 1.00 bits per heavy atom. The van der Waals surface area contributed by atoms with Gasteiger partial charge in [0.15, 0.2) is 34.5 Å². The number of ether oxygens (including phenoxy) is 3. The lowest BCUT2D eigenvalue weighted by atomic mass is 10.1. The molecule has 0 unspecified atom stereocenters. The zero-order valence-electron chi connectivity index (χ0n) is 15.5. The summed E-state index contributed by atoms with van der Waals surface area (Å²) in [5.74, 6) is 1.70. The number of pyridine rings is 1. The van der Waals surface area contributed by atoms with Gasteiger partial charge in [-0.3, -0.25) is 4.57 Å². The quantitative estimate of drug-likeness (QED) is 0.553. The Bertz CT molecular complexity index is 1230. The van der Waals surface area contributed by atoms with Crippen LogP contribution in [0.1, 0.15) is 0 Å². The number of methoxy groups -OCH3 is 1. The lowest BCUT2D eigenvalue weighted by molar-refractivity contribution is 0.171. The third-order valence-electron chi connectivity index (χ3n) is 4.74. The first-order chi connectivity index (χ1) is 14.2. The molecule has 0 fully saturated rings. The van der Waals surface area contributed by atoms with Crippen molar-refractivity contribution in [1.29, 1.82) is 0 Å². The number of aromatic hydroxyl groups is 2. The Morgan fingerprint density at radius 2 is 1.83 bits per heavy atom. The molecule has 3 heterocycles. The molecule has 0 bridgehead atoms. The zero-order valence-corrected chi connectivity index (χ0v) is 15.5. The maximum atomic E-state index is 10.5. The van der Waals surface area contributed by atoms with Gasteiger partial charge in [0.25, 0.3) is 0 Å². The van der Waals surface area contributed by atoms with Gasteiger partial charge < -0.3 is 24.4 Å². The molecular weight excluding hydrogens is 374 g/mol. The van der Waals surface area contributed by atoms with Gasteiger partial charge in [-0.25, -0.2) is 9.97 Å². The number of hydrogen-bond acceptors (Lipinski definition) is 7. The predicted octanol–water partition coefficient (Wildman–Crippen LogP) is 3.28. The Kier molecular flexibility index (Phi) is 3.90. The molecule has 8 nitrogen and oxygen atoms in total. The van der Waals surface area contributed by atoms with Crippen LogP contribution in [0.5, 0.6) is 28.7 Å². The largest absolute Gasteiger partial charge is 0.507 e. The Labute approximate surface area is 165 Å². The minimum Gasteiger partial charge on any atom is -0.507 e. The van der Waals surface area contributed by atoms with Crippen LogP contribution in [0.4, 0.5) is 0 Å². The Balaban J connectivity index is 1.78. The molecule has 0 saturated carbocycles. The second kappa shape index (κ2) is 6.59. The van der Waals surface area contributed by atoms with Crippen molar-refractivity contribution in [2.75, 3.05) is 20.3 Å². The summed E-state index contributed by atoms with van der Waals surface area (Å²) >= 11 is 0. The fourth-order valence-corrected chi connectivity index (χ4v) is 3.41. The molecule has 2 N–H and O–H groups in total. The second-order valence-electron chi connectivity index (χ2n) is 6.49. The molecule has 0 amide bonds. The third-order valence-corrected chi connectivity index (χ3v) is 4.74. The fourth-order valence-electron chi connectivity index (χ4n) is 3.41. The molecule has 0 aliphatic carbocycles. The first-order valence-corrected chi connectivity index (χ1v) is 8.99. The number of aromatic nitrogens is 3. The first kappa shape index (κ1) is 17.2. The van der Waals surface area contributed by atoms with E-state index >= 15 is 0 Å². The van der Waals surface area contributed by atoms with Gasteiger partial charge >= 0.3 is 0 Å². The zero-order chi connectivity index (χ0) is 20.0. The van der Waals surface area contributed by atoms with E-state index in [1.807, 2.05) is 28.8 Å². The van der Waals surface area contributed by atoms with Crippen molar-refractivity contribution in [3.05, 3.63) is 48.7 Å². The van der Waals surface area contributed by atoms with Gasteiger partial charge in [0.1, 0.15) is 24.5 Å². The summed E-state index contributed by atoms with van der Waals surface area (Å²) in [5.41, 5.74) is 2.42. The number of nitrogens with zero attached hydrogens (tertiary/aromatic N) is 3. The molecule has 8 heteroatoms. The minimum atomic E-state index is -0.158. The van der Waals surface area contributed by atoms with E-state index in [1.165, 1.54) is 13.2 Å². The standard InChI is InChI=1S/C21H17N3O5/c1-27-18-10-13(15(25)11-16(18)26)20-23-14-3-2-6-22-21(14)24(20)12-4-5-17-19(9-12)29-8-7-28-17/h2-6,9-11,25-26H,7-8H2,1H3. The molecule has 1 aliphatic heterocycles. The van der Waals surface area contributed by atoms with Crippen molar-refractivity contribution in [2.24, 2.45) is 0 Å². The highest BCUT2D eigenvalue weighted by atomic mass is 16.6. The van der Waals surface area contributed by atoms with E-state index in [0.717, 1.165) is 5.69 Å². The van der Waals surface area contributed by atoms with Gasteiger partial charge in [0.05, 0.1) is 18.4 Å². The van der Waals surface area contributed by atoms with E-state index in [4.69, 9.17) is 14.2 Å². The van der Waals surface area contributed by atoms with Crippen LogP contribution in [0.2, 0.25) is 0 Å².